The molecule has 0 atom stereocenters. The van der Waals surface area contributed by atoms with E-state index in [1.165, 1.54) is 12.2 Å². The summed E-state index contributed by atoms with van der Waals surface area (Å²) in [5.74, 6) is 0.474. The van der Waals surface area contributed by atoms with Crippen LogP contribution in [0, 0.1) is 11.3 Å². The highest BCUT2D eigenvalue weighted by Gasteiger charge is 2.11. The Morgan fingerprint density at radius 2 is 2.18 bits per heavy atom. The monoisotopic (exact) mass is 301 g/mol. The van der Waals surface area contributed by atoms with Gasteiger partial charge in [0.2, 0.25) is 0 Å². The SMILES string of the molecule is C=CCOC(=O)C(C#N)=Cc1ccc(OC)c(OCCC)c1. The van der Waals surface area contributed by atoms with Gasteiger partial charge < -0.3 is 14.2 Å². The number of nitriles is 1. The van der Waals surface area contributed by atoms with Crippen LogP contribution < -0.4 is 9.47 Å². The Morgan fingerprint density at radius 1 is 1.41 bits per heavy atom. The second-order valence-electron chi connectivity index (χ2n) is 4.32. The summed E-state index contributed by atoms with van der Waals surface area (Å²) in [6.45, 7) is 6.06. The van der Waals surface area contributed by atoms with E-state index in [4.69, 9.17) is 19.5 Å². The Bertz CT molecular complexity index is 599. The van der Waals surface area contributed by atoms with Crippen molar-refractivity contribution < 1.29 is 19.0 Å². The van der Waals surface area contributed by atoms with E-state index in [9.17, 15) is 4.79 Å². The van der Waals surface area contributed by atoms with Gasteiger partial charge in [0, 0.05) is 0 Å². The van der Waals surface area contributed by atoms with Crippen molar-refractivity contribution in [2.75, 3.05) is 20.3 Å². The number of rotatable bonds is 8. The van der Waals surface area contributed by atoms with Gasteiger partial charge in [-0.3, -0.25) is 0 Å². The molecule has 0 spiro atoms. The molecule has 5 nitrogen and oxygen atoms in total. The molecule has 0 radical (unpaired) electrons. The van der Waals surface area contributed by atoms with Gasteiger partial charge in [-0.25, -0.2) is 4.79 Å². The zero-order chi connectivity index (χ0) is 16.4. The van der Waals surface area contributed by atoms with Crippen LogP contribution in [0.15, 0.2) is 36.4 Å². The Morgan fingerprint density at radius 3 is 2.77 bits per heavy atom. The highest BCUT2D eigenvalue weighted by atomic mass is 16.5. The maximum absolute atomic E-state index is 11.7. The van der Waals surface area contributed by atoms with E-state index >= 15 is 0 Å². The van der Waals surface area contributed by atoms with Gasteiger partial charge in [-0.2, -0.15) is 5.26 Å². The molecule has 5 heteroatoms. The number of methoxy groups -OCH3 is 1. The number of nitrogens with zero attached hydrogens (tertiary/aromatic N) is 1. The summed E-state index contributed by atoms with van der Waals surface area (Å²) in [4.78, 5) is 11.7. The van der Waals surface area contributed by atoms with Crippen molar-refractivity contribution in [2.45, 2.75) is 13.3 Å². The lowest BCUT2D eigenvalue weighted by atomic mass is 10.1. The average molecular weight is 301 g/mol. The zero-order valence-electron chi connectivity index (χ0n) is 12.8. The summed E-state index contributed by atoms with van der Waals surface area (Å²) in [5, 5.41) is 9.07. The first kappa shape index (κ1) is 17.3. The largest absolute Gasteiger partial charge is 0.493 e. The lowest BCUT2D eigenvalue weighted by molar-refractivity contribution is -0.137. The molecule has 116 valence electrons. The van der Waals surface area contributed by atoms with Crippen molar-refractivity contribution in [3.63, 3.8) is 0 Å². The van der Waals surface area contributed by atoms with Crippen LogP contribution in [0.5, 0.6) is 11.5 Å². The zero-order valence-corrected chi connectivity index (χ0v) is 12.8. The third kappa shape index (κ3) is 4.98. The number of ether oxygens (including phenoxy) is 3. The minimum atomic E-state index is -0.686. The van der Waals surface area contributed by atoms with E-state index < -0.39 is 5.97 Å². The van der Waals surface area contributed by atoms with Crippen LogP contribution in [-0.4, -0.2) is 26.3 Å². The van der Waals surface area contributed by atoms with Gasteiger partial charge in [-0.05, 0) is 30.2 Å². The quantitative estimate of drug-likeness (QED) is 0.319. The molecule has 0 aliphatic carbocycles. The van der Waals surface area contributed by atoms with Crippen molar-refractivity contribution in [1.29, 1.82) is 5.26 Å². The molecule has 0 bridgehead atoms. The lowest BCUT2D eigenvalue weighted by Gasteiger charge is -2.10. The Balaban J connectivity index is 3.04. The number of carbonyl (C=O) groups is 1. The number of hydrogen-bond acceptors (Lipinski definition) is 5. The predicted molar refractivity (Wildman–Crippen MR) is 83.5 cm³/mol. The van der Waals surface area contributed by atoms with Gasteiger partial charge in [0.1, 0.15) is 18.2 Å². The number of benzene rings is 1. The Labute approximate surface area is 130 Å². The van der Waals surface area contributed by atoms with Gasteiger partial charge in [-0.1, -0.05) is 25.6 Å². The topological polar surface area (TPSA) is 68.6 Å². The molecule has 0 saturated heterocycles. The molecule has 1 aromatic carbocycles. The maximum atomic E-state index is 11.7. The van der Waals surface area contributed by atoms with E-state index in [2.05, 4.69) is 6.58 Å². The maximum Gasteiger partial charge on any atom is 0.349 e. The van der Waals surface area contributed by atoms with Crippen LogP contribution in [0.3, 0.4) is 0 Å². The Hall–Kier alpha value is -2.74. The van der Waals surface area contributed by atoms with E-state index in [0.29, 0.717) is 23.7 Å². The molecule has 0 heterocycles. The predicted octanol–water partition coefficient (Wildman–Crippen LogP) is 3.12. The molecule has 1 rings (SSSR count). The molecule has 0 N–H and O–H groups in total. The van der Waals surface area contributed by atoms with Gasteiger partial charge in [0.25, 0.3) is 0 Å². The van der Waals surface area contributed by atoms with Crippen LogP contribution in [0.2, 0.25) is 0 Å². The van der Waals surface area contributed by atoms with Crippen molar-refractivity contribution >= 4 is 12.0 Å². The molecule has 0 unspecified atom stereocenters. The highest BCUT2D eigenvalue weighted by Crippen LogP contribution is 2.29. The number of esters is 1. The standard InChI is InChI=1S/C17H19NO4/c1-4-8-21-16-11-13(6-7-15(16)20-3)10-14(12-18)17(19)22-9-5-2/h5-7,10-11H,2,4,8-9H2,1,3H3. The molecular formula is C17H19NO4. The summed E-state index contributed by atoms with van der Waals surface area (Å²) in [6, 6.07) is 7.00. The summed E-state index contributed by atoms with van der Waals surface area (Å²) in [7, 11) is 1.55. The van der Waals surface area contributed by atoms with Gasteiger partial charge in [0.15, 0.2) is 11.5 Å². The van der Waals surface area contributed by atoms with Crippen LogP contribution in [0.1, 0.15) is 18.9 Å². The molecule has 0 aliphatic heterocycles. The Kier molecular flexibility index (Phi) is 7.27. The van der Waals surface area contributed by atoms with Crippen molar-refractivity contribution in [3.05, 3.63) is 42.0 Å². The van der Waals surface area contributed by atoms with Crippen molar-refractivity contribution in [1.82, 2.24) is 0 Å². The number of carbonyl (C=O) groups excluding carboxylic acids is 1. The molecule has 0 fully saturated rings. The second kappa shape index (κ2) is 9.24. The smallest absolute Gasteiger partial charge is 0.349 e. The lowest BCUT2D eigenvalue weighted by Crippen LogP contribution is -2.06. The number of hydrogen-bond donors (Lipinski definition) is 0. The normalized spacial score (nSPS) is 10.5. The molecule has 1 aromatic rings. The summed E-state index contributed by atoms with van der Waals surface area (Å²) < 4.78 is 15.7. The van der Waals surface area contributed by atoms with Gasteiger partial charge in [0.05, 0.1) is 13.7 Å². The summed E-state index contributed by atoms with van der Waals surface area (Å²) in [5.41, 5.74) is 0.562. The van der Waals surface area contributed by atoms with Crippen molar-refractivity contribution in [2.24, 2.45) is 0 Å². The molecule has 0 saturated carbocycles. The average Bonchev–Trinajstić information content (AvgIpc) is 2.55. The second-order valence-corrected chi connectivity index (χ2v) is 4.32. The molecular weight excluding hydrogens is 282 g/mol. The molecule has 0 aromatic heterocycles. The van der Waals surface area contributed by atoms with Crippen LogP contribution >= 0.6 is 0 Å². The third-order valence-corrected chi connectivity index (χ3v) is 2.63. The third-order valence-electron chi connectivity index (χ3n) is 2.63. The minimum Gasteiger partial charge on any atom is -0.493 e. The van der Waals surface area contributed by atoms with E-state index in [0.717, 1.165) is 6.42 Å². The molecule has 0 aliphatic rings. The molecule has 22 heavy (non-hydrogen) atoms. The first-order valence-electron chi connectivity index (χ1n) is 6.86. The summed E-state index contributed by atoms with van der Waals surface area (Å²) >= 11 is 0. The summed E-state index contributed by atoms with van der Waals surface area (Å²) in [6.07, 6.45) is 3.75. The fourth-order valence-electron chi connectivity index (χ4n) is 1.62. The fourth-order valence-corrected chi connectivity index (χ4v) is 1.62. The van der Waals surface area contributed by atoms with Crippen LogP contribution in [0.25, 0.3) is 6.08 Å². The van der Waals surface area contributed by atoms with Crippen LogP contribution in [-0.2, 0) is 9.53 Å². The molecule has 0 amide bonds. The fraction of sp³-hybridized carbons (Fsp3) is 0.294. The minimum absolute atomic E-state index is 0.0608. The van der Waals surface area contributed by atoms with Crippen molar-refractivity contribution in [3.8, 4) is 17.6 Å². The van der Waals surface area contributed by atoms with Gasteiger partial charge >= 0.3 is 5.97 Å². The first-order valence-corrected chi connectivity index (χ1v) is 6.86. The van der Waals surface area contributed by atoms with E-state index in [-0.39, 0.29) is 12.2 Å². The van der Waals surface area contributed by atoms with Crippen LogP contribution in [0.4, 0.5) is 0 Å². The van der Waals surface area contributed by atoms with Gasteiger partial charge in [-0.15, -0.1) is 0 Å². The first-order chi connectivity index (χ1) is 10.7. The van der Waals surface area contributed by atoms with E-state index in [1.807, 2.05) is 13.0 Å². The van der Waals surface area contributed by atoms with E-state index in [1.54, 1.807) is 25.3 Å². The highest BCUT2D eigenvalue weighted by molar-refractivity contribution is 5.98.